The standard InChI is InChI=1S/C14H21FN2/c1-3-16-9-12-8-13(15)6-7-14(12)17(2)10-11-4-5-11/h6-8,11,16H,3-5,9-10H2,1-2H3. The van der Waals surface area contributed by atoms with Crippen LogP contribution in [0.15, 0.2) is 18.2 Å². The lowest BCUT2D eigenvalue weighted by molar-refractivity contribution is 0.621. The summed E-state index contributed by atoms with van der Waals surface area (Å²) in [4.78, 5) is 2.25. The van der Waals surface area contributed by atoms with Gasteiger partial charge in [-0.15, -0.1) is 0 Å². The van der Waals surface area contributed by atoms with Gasteiger partial charge in [0.05, 0.1) is 0 Å². The van der Waals surface area contributed by atoms with Gasteiger partial charge in [0.15, 0.2) is 0 Å². The number of anilines is 1. The average molecular weight is 236 g/mol. The van der Waals surface area contributed by atoms with E-state index in [9.17, 15) is 4.39 Å². The molecule has 0 saturated heterocycles. The van der Waals surface area contributed by atoms with E-state index in [1.165, 1.54) is 12.8 Å². The molecule has 0 amide bonds. The number of halogens is 1. The molecular formula is C14H21FN2. The number of rotatable bonds is 6. The lowest BCUT2D eigenvalue weighted by atomic mass is 10.1. The lowest BCUT2D eigenvalue weighted by Crippen LogP contribution is -2.23. The van der Waals surface area contributed by atoms with Gasteiger partial charge >= 0.3 is 0 Å². The summed E-state index contributed by atoms with van der Waals surface area (Å²) in [5, 5.41) is 3.26. The van der Waals surface area contributed by atoms with E-state index in [4.69, 9.17) is 0 Å². The van der Waals surface area contributed by atoms with Crippen molar-refractivity contribution in [2.45, 2.75) is 26.3 Å². The van der Waals surface area contributed by atoms with Gasteiger partial charge in [-0.25, -0.2) is 4.39 Å². The van der Waals surface area contributed by atoms with E-state index in [2.05, 4.69) is 24.2 Å². The van der Waals surface area contributed by atoms with Crippen LogP contribution in [-0.4, -0.2) is 20.1 Å². The molecule has 0 atom stereocenters. The smallest absolute Gasteiger partial charge is 0.123 e. The number of nitrogens with zero attached hydrogens (tertiary/aromatic N) is 1. The highest BCUT2D eigenvalue weighted by molar-refractivity contribution is 5.53. The first kappa shape index (κ1) is 12.4. The first-order valence-corrected chi connectivity index (χ1v) is 6.41. The molecule has 0 aliphatic heterocycles. The molecule has 1 aromatic rings. The number of benzene rings is 1. The number of hydrogen-bond donors (Lipinski definition) is 1. The third kappa shape index (κ3) is 3.43. The molecule has 0 radical (unpaired) electrons. The highest BCUT2D eigenvalue weighted by Gasteiger charge is 2.23. The van der Waals surface area contributed by atoms with Gasteiger partial charge in [0.25, 0.3) is 0 Å². The monoisotopic (exact) mass is 236 g/mol. The fourth-order valence-electron chi connectivity index (χ4n) is 2.11. The van der Waals surface area contributed by atoms with Gasteiger partial charge in [-0.3, -0.25) is 0 Å². The largest absolute Gasteiger partial charge is 0.374 e. The van der Waals surface area contributed by atoms with Gasteiger partial charge in [0, 0.05) is 25.8 Å². The van der Waals surface area contributed by atoms with E-state index >= 15 is 0 Å². The molecule has 0 unspecified atom stereocenters. The molecule has 1 saturated carbocycles. The second-order valence-electron chi connectivity index (χ2n) is 4.88. The van der Waals surface area contributed by atoms with Gasteiger partial charge in [-0.05, 0) is 49.1 Å². The predicted octanol–water partition coefficient (Wildman–Crippen LogP) is 2.78. The third-order valence-corrected chi connectivity index (χ3v) is 3.25. The summed E-state index contributed by atoms with van der Waals surface area (Å²) in [7, 11) is 2.10. The van der Waals surface area contributed by atoms with E-state index in [-0.39, 0.29) is 5.82 Å². The Balaban J connectivity index is 2.11. The molecule has 0 heterocycles. The van der Waals surface area contributed by atoms with Crippen LogP contribution in [0.2, 0.25) is 0 Å². The summed E-state index contributed by atoms with van der Waals surface area (Å²) in [5.41, 5.74) is 2.20. The molecule has 3 heteroatoms. The van der Waals surface area contributed by atoms with Crippen LogP contribution in [0.4, 0.5) is 10.1 Å². The molecule has 1 N–H and O–H groups in total. The molecule has 2 rings (SSSR count). The normalized spacial score (nSPS) is 15.0. The van der Waals surface area contributed by atoms with Crippen molar-refractivity contribution in [3.63, 3.8) is 0 Å². The second kappa shape index (κ2) is 5.50. The van der Waals surface area contributed by atoms with Gasteiger partial charge in [0.2, 0.25) is 0 Å². The Morgan fingerprint density at radius 1 is 1.41 bits per heavy atom. The maximum atomic E-state index is 13.3. The summed E-state index contributed by atoms with van der Waals surface area (Å²) in [6.07, 6.45) is 2.68. The van der Waals surface area contributed by atoms with Gasteiger partial charge in [0.1, 0.15) is 5.82 Å². The Labute approximate surface area is 103 Å². The fourth-order valence-corrected chi connectivity index (χ4v) is 2.11. The first-order valence-electron chi connectivity index (χ1n) is 6.41. The maximum absolute atomic E-state index is 13.3. The number of hydrogen-bond acceptors (Lipinski definition) is 2. The van der Waals surface area contributed by atoms with Crippen molar-refractivity contribution < 1.29 is 4.39 Å². The van der Waals surface area contributed by atoms with E-state index in [1.54, 1.807) is 12.1 Å². The Morgan fingerprint density at radius 2 is 2.18 bits per heavy atom. The van der Waals surface area contributed by atoms with E-state index in [1.807, 2.05) is 6.07 Å². The van der Waals surface area contributed by atoms with Crippen molar-refractivity contribution >= 4 is 5.69 Å². The van der Waals surface area contributed by atoms with Crippen LogP contribution < -0.4 is 10.2 Å². The van der Waals surface area contributed by atoms with Crippen LogP contribution >= 0.6 is 0 Å². The Morgan fingerprint density at radius 3 is 2.82 bits per heavy atom. The van der Waals surface area contributed by atoms with Crippen LogP contribution in [0.5, 0.6) is 0 Å². The SMILES string of the molecule is CCNCc1cc(F)ccc1N(C)CC1CC1. The van der Waals surface area contributed by atoms with Crippen molar-refractivity contribution in [2.75, 3.05) is 25.0 Å². The Hall–Kier alpha value is -1.09. The van der Waals surface area contributed by atoms with Gasteiger partial charge < -0.3 is 10.2 Å². The average Bonchev–Trinajstić information content (AvgIpc) is 3.10. The summed E-state index contributed by atoms with van der Waals surface area (Å²) >= 11 is 0. The van der Waals surface area contributed by atoms with E-state index in [0.717, 1.165) is 36.8 Å². The highest BCUT2D eigenvalue weighted by atomic mass is 19.1. The molecule has 1 aromatic carbocycles. The summed E-state index contributed by atoms with van der Waals surface area (Å²) in [6, 6.07) is 5.08. The predicted molar refractivity (Wildman–Crippen MR) is 69.8 cm³/mol. The maximum Gasteiger partial charge on any atom is 0.123 e. The minimum Gasteiger partial charge on any atom is -0.374 e. The Kier molecular flexibility index (Phi) is 4.00. The topological polar surface area (TPSA) is 15.3 Å². The summed E-state index contributed by atoms with van der Waals surface area (Å²) in [6.45, 7) is 4.79. The summed E-state index contributed by atoms with van der Waals surface area (Å²) in [5.74, 6) is 0.693. The van der Waals surface area contributed by atoms with Crippen molar-refractivity contribution in [1.29, 1.82) is 0 Å². The molecule has 1 aliphatic carbocycles. The lowest BCUT2D eigenvalue weighted by Gasteiger charge is -2.22. The minimum atomic E-state index is -0.151. The van der Waals surface area contributed by atoms with E-state index < -0.39 is 0 Å². The minimum absolute atomic E-state index is 0.151. The van der Waals surface area contributed by atoms with Gasteiger partial charge in [-0.2, -0.15) is 0 Å². The van der Waals surface area contributed by atoms with Crippen molar-refractivity contribution in [3.8, 4) is 0 Å². The highest BCUT2D eigenvalue weighted by Crippen LogP contribution is 2.31. The molecule has 1 fully saturated rings. The van der Waals surface area contributed by atoms with Crippen molar-refractivity contribution in [1.82, 2.24) is 5.32 Å². The van der Waals surface area contributed by atoms with Crippen LogP contribution in [0.3, 0.4) is 0 Å². The fraction of sp³-hybridized carbons (Fsp3) is 0.571. The molecule has 2 nitrogen and oxygen atoms in total. The van der Waals surface area contributed by atoms with Gasteiger partial charge in [-0.1, -0.05) is 6.92 Å². The van der Waals surface area contributed by atoms with Crippen LogP contribution in [-0.2, 0) is 6.54 Å². The number of nitrogens with one attached hydrogen (secondary N) is 1. The molecule has 17 heavy (non-hydrogen) atoms. The second-order valence-corrected chi connectivity index (χ2v) is 4.88. The Bertz CT molecular complexity index is 374. The zero-order valence-electron chi connectivity index (χ0n) is 10.7. The first-order chi connectivity index (χ1) is 8.20. The van der Waals surface area contributed by atoms with Crippen LogP contribution in [0.25, 0.3) is 0 Å². The zero-order chi connectivity index (χ0) is 12.3. The zero-order valence-corrected chi connectivity index (χ0v) is 10.7. The molecule has 0 bridgehead atoms. The molecule has 0 spiro atoms. The van der Waals surface area contributed by atoms with Crippen LogP contribution in [0.1, 0.15) is 25.3 Å². The van der Waals surface area contributed by atoms with Crippen molar-refractivity contribution in [2.24, 2.45) is 5.92 Å². The molecule has 0 aromatic heterocycles. The third-order valence-electron chi connectivity index (χ3n) is 3.25. The molecule has 1 aliphatic rings. The van der Waals surface area contributed by atoms with Crippen molar-refractivity contribution in [3.05, 3.63) is 29.6 Å². The quantitative estimate of drug-likeness (QED) is 0.817. The summed E-state index contributed by atoms with van der Waals surface area (Å²) < 4.78 is 13.3. The van der Waals surface area contributed by atoms with Crippen LogP contribution in [0, 0.1) is 11.7 Å². The molecule has 94 valence electrons. The molecular weight excluding hydrogens is 215 g/mol. The van der Waals surface area contributed by atoms with E-state index in [0.29, 0.717) is 0 Å².